The Morgan fingerprint density at radius 3 is 2.75 bits per heavy atom. The van der Waals surface area contributed by atoms with Gasteiger partial charge in [-0.05, 0) is 29.9 Å². The molecular weight excluding hydrogens is 300 g/mol. The molecule has 0 fully saturated rings. The molecule has 4 heteroatoms. The molecule has 1 N–H and O–H groups in total. The van der Waals surface area contributed by atoms with Crippen LogP contribution < -0.4 is 5.32 Å². The lowest BCUT2D eigenvalue weighted by atomic mass is 9.76. The lowest BCUT2D eigenvalue weighted by Crippen LogP contribution is -2.30. The lowest BCUT2D eigenvalue weighted by molar-refractivity contribution is -0.385. The topological polar surface area (TPSA) is 55.2 Å². The van der Waals surface area contributed by atoms with Crippen LogP contribution in [0.4, 0.5) is 11.4 Å². The van der Waals surface area contributed by atoms with E-state index in [-0.39, 0.29) is 16.7 Å². The number of para-hydroxylation sites is 2. The molecule has 1 heterocycles. The van der Waals surface area contributed by atoms with Crippen molar-refractivity contribution in [3.8, 4) is 0 Å². The molecule has 3 atom stereocenters. The van der Waals surface area contributed by atoms with Gasteiger partial charge in [-0.3, -0.25) is 10.1 Å². The van der Waals surface area contributed by atoms with E-state index in [1.54, 1.807) is 12.1 Å². The molecule has 0 saturated carbocycles. The number of anilines is 1. The second kappa shape index (κ2) is 5.78. The van der Waals surface area contributed by atoms with Gasteiger partial charge in [0.1, 0.15) is 0 Å². The first-order chi connectivity index (χ1) is 11.7. The summed E-state index contributed by atoms with van der Waals surface area (Å²) in [5.41, 5.74) is 4.75. The van der Waals surface area contributed by atoms with Crippen molar-refractivity contribution in [3.63, 3.8) is 0 Å². The van der Waals surface area contributed by atoms with Gasteiger partial charge in [-0.2, -0.15) is 0 Å². The number of rotatable bonds is 3. The maximum Gasteiger partial charge on any atom is 0.274 e. The zero-order chi connectivity index (χ0) is 16.7. The second-order valence-corrected chi connectivity index (χ2v) is 6.53. The number of nitro groups is 1. The average Bonchev–Trinajstić information content (AvgIpc) is 3.10. The highest BCUT2D eigenvalue weighted by Gasteiger charge is 2.40. The Labute approximate surface area is 141 Å². The minimum Gasteiger partial charge on any atom is -0.377 e. The van der Waals surface area contributed by atoms with Crippen LogP contribution in [0.3, 0.4) is 0 Å². The van der Waals surface area contributed by atoms with Crippen molar-refractivity contribution in [2.75, 3.05) is 5.32 Å². The van der Waals surface area contributed by atoms with Crippen LogP contribution in [0.15, 0.2) is 54.6 Å². The fourth-order valence-electron chi connectivity index (χ4n) is 4.21. The van der Waals surface area contributed by atoms with Crippen molar-refractivity contribution in [2.24, 2.45) is 5.92 Å². The molecule has 0 aromatic heterocycles. The number of benzene rings is 2. The van der Waals surface area contributed by atoms with Gasteiger partial charge in [-0.1, -0.05) is 55.5 Å². The maximum absolute atomic E-state index is 11.5. The predicted octanol–water partition coefficient (Wildman–Crippen LogP) is 4.98. The van der Waals surface area contributed by atoms with E-state index in [1.165, 1.54) is 11.1 Å². The predicted molar refractivity (Wildman–Crippen MR) is 95.3 cm³/mol. The van der Waals surface area contributed by atoms with Crippen molar-refractivity contribution in [3.05, 3.63) is 81.4 Å². The summed E-state index contributed by atoms with van der Waals surface area (Å²) >= 11 is 0. The van der Waals surface area contributed by atoms with Crippen molar-refractivity contribution in [2.45, 2.75) is 31.7 Å². The van der Waals surface area contributed by atoms with E-state index in [4.69, 9.17) is 0 Å². The molecule has 4 rings (SSSR count). The van der Waals surface area contributed by atoms with Crippen molar-refractivity contribution < 1.29 is 4.92 Å². The highest BCUT2D eigenvalue weighted by Crippen LogP contribution is 2.51. The fraction of sp³-hybridized carbons (Fsp3) is 0.300. The highest BCUT2D eigenvalue weighted by atomic mass is 16.6. The van der Waals surface area contributed by atoms with Gasteiger partial charge < -0.3 is 5.32 Å². The van der Waals surface area contributed by atoms with Gasteiger partial charge in [-0.15, -0.1) is 0 Å². The summed E-state index contributed by atoms with van der Waals surface area (Å²) < 4.78 is 0. The summed E-state index contributed by atoms with van der Waals surface area (Å²) in [4.78, 5) is 11.2. The van der Waals surface area contributed by atoms with Crippen LogP contribution in [-0.2, 0) is 6.42 Å². The van der Waals surface area contributed by atoms with Crippen molar-refractivity contribution in [1.82, 2.24) is 0 Å². The number of nitrogens with zero attached hydrogens (tertiary/aromatic N) is 1. The molecule has 4 nitrogen and oxygen atoms in total. The third kappa shape index (κ3) is 2.21. The van der Waals surface area contributed by atoms with Gasteiger partial charge in [0.05, 0.1) is 16.5 Å². The van der Waals surface area contributed by atoms with Gasteiger partial charge in [0, 0.05) is 17.7 Å². The monoisotopic (exact) mass is 320 g/mol. The molecule has 2 aromatic rings. The highest BCUT2D eigenvalue weighted by molar-refractivity contribution is 5.65. The van der Waals surface area contributed by atoms with E-state index in [0.29, 0.717) is 11.8 Å². The van der Waals surface area contributed by atoms with E-state index >= 15 is 0 Å². The SMILES string of the molecule is CCc1cccc2c1N[C@H](c1ccccc1[N+](=O)[O-])[C@@H]1CC=C[C@@H]21. The van der Waals surface area contributed by atoms with Gasteiger partial charge in [0.2, 0.25) is 0 Å². The summed E-state index contributed by atoms with van der Waals surface area (Å²) in [5, 5.41) is 15.1. The molecule has 1 aliphatic carbocycles. The normalized spacial score (nSPS) is 24.1. The Morgan fingerprint density at radius 1 is 1.17 bits per heavy atom. The number of allylic oxidation sites excluding steroid dienone is 2. The number of fused-ring (bicyclic) bond motifs is 3. The summed E-state index contributed by atoms with van der Waals surface area (Å²) in [5.74, 6) is 0.656. The zero-order valence-electron chi connectivity index (χ0n) is 13.6. The number of hydrogen-bond acceptors (Lipinski definition) is 3. The van der Waals surface area contributed by atoms with Crippen LogP contribution in [-0.4, -0.2) is 4.92 Å². The third-order valence-electron chi connectivity index (χ3n) is 5.33. The molecule has 0 spiro atoms. The Bertz CT molecular complexity index is 828. The first kappa shape index (κ1) is 14.9. The van der Waals surface area contributed by atoms with Crippen LogP contribution in [0.5, 0.6) is 0 Å². The summed E-state index contributed by atoms with van der Waals surface area (Å²) in [6.07, 6.45) is 6.38. The minimum absolute atomic E-state index is 0.0354. The lowest BCUT2D eigenvalue weighted by Gasteiger charge is -2.38. The molecule has 0 bridgehead atoms. The van der Waals surface area contributed by atoms with Crippen LogP contribution in [0, 0.1) is 16.0 Å². The number of aryl methyl sites for hydroxylation is 1. The van der Waals surface area contributed by atoms with Crippen LogP contribution in [0.25, 0.3) is 0 Å². The number of hydrogen-bond donors (Lipinski definition) is 1. The van der Waals surface area contributed by atoms with E-state index in [2.05, 4.69) is 42.6 Å². The Balaban J connectivity index is 1.86. The smallest absolute Gasteiger partial charge is 0.274 e. The molecule has 2 aromatic carbocycles. The Morgan fingerprint density at radius 2 is 1.96 bits per heavy atom. The maximum atomic E-state index is 11.5. The Hall–Kier alpha value is -2.62. The van der Waals surface area contributed by atoms with Gasteiger partial charge in [0.15, 0.2) is 0 Å². The number of nitrogens with one attached hydrogen (secondary N) is 1. The zero-order valence-corrected chi connectivity index (χ0v) is 13.6. The molecule has 122 valence electrons. The first-order valence-corrected chi connectivity index (χ1v) is 8.49. The van der Waals surface area contributed by atoms with Crippen molar-refractivity contribution in [1.29, 1.82) is 0 Å². The third-order valence-corrected chi connectivity index (χ3v) is 5.33. The molecule has 0 saturated heterocycles. The summed E-state index contributed by atoms with van der Waals surface area (Å²) in [7, 11) is 0. The quantitative estimate of drug-likeness (QED) is 0.493. The molecule has 2 aliphatic rings. The molecule has 0 unspecified atom stereocenters. The van der Waals surface area contributed by atoms with E-state index in [1.807, 2.05) is 12.1 Å². The standard InChI is InChI=1S/C20H20N2O2/c1-2-13-7-5-10-15-14-9-6-11-16(14)20(21-19(13)15)17-8-3-4-12-18(17)22(23)24/h3-10,12,14,16,20-21H,2,11H2,1H3/t14-,16+,20-/m0/s1. The molecule has 0 radical (unpaired) electrons. The molecule has 1 aliphatic heterocycles. The number of nitro benzene ring substituents is 1. The van der Waals surface area contributed by atoms with Crippen LogP contribution in [0.2, 0.25) is 0 Å². The Kier molecular flexibility index (Phi) is 3.60. The molecule has 0 amide bonds. The van der Waals surface area contributed by atoms with Crippen molar-refractivity contribution >= 4 is 11.4 Å². The van der Waals surface area contributed by atoms with E-state index < -0.39 is 0 Å². The largest absolute Gasteiger partial charge is 0.377 e. The minimum atomic E-state index is -0.268. The summed E-state index contributed by atoms with van der Waals surface area (Å²) in [6.45, 7) is 2.15. The van der Waals surface area contributed by atoms with Gasteiger partial charge >= 0.3 is 0 Å². The van der Waals surface area contributed by atoms with E-state index in [9.17, 15) is 10.1 Å². The fourth-order valence-corrected chi connectivity index (χ4v) is 4.21. The molecular formula is C20H20N2O2. The average molecular weight is 320 g/mol. The van der Waals surface area contributed by atoms with Crippen LogP contribution in [0.1, 0.15) is 42.0 Å². The van der Waals surface area contributed by atoms with E-state index in [0.717, 1.165) is 24.1 Å². The second-order valence-electron chi connectivity index (χ2n) is 6.53. The summed E-state index contributed by atoms with van der Waals surface area (Å²) in [6, 6.07) is 13.5. The van der Waals surface area contributed by atoms with Gasteiger partial charge in [0.25, 0.3) is 5.69 Å². The first-order valence-electron chi connectivity index (χ1n) is 8.49. The molecule has 24 heavy (non-hydrogen) atoms. The van der Waals surface area contributed by atoms with Gasteiger partial charge in [-0.25, -0.2) is 0 Å². The van der Waals surface area contributed by atoms with Crippen LogP contribution >= 0.6 is 0 Å².